The Hall–Kier alpha value is -0.690. The molecule has 0 atom stereocenters. The van der Waals surface area contributed by atoms with E-state index in [0.717, 1.165) is 11.1 Å². The molecular formula is C12H16ClN. The fourth-order valence-corrected chi connectivity index (χ4v) is 2.02. The fourth-order valence-electron chi connectivity index (χ4n) is 1.90. The normalized spacial score (nSPS) is 16.0. The maximum absolute atomic E-state index is 5.87. The zero-order valence-corrected chi connectivity index (χ0v) is 9.46. The van der Waals surface area contributed by atoms with Crippen LogP contribution in [0.15, 0.2) is 24.3 Å². The van der Waals surface area contributed by atoms with E-state index in [4.69, 9.17) is 11.6 Å². The second-order valence-corrected chi connectivity index (χ2v) is 4.65. The van der Waals surface area contributed by atoms with Crippen LogP contribution in [0, 0.1) is 0 Å². The van der Waals surface area contributed by atoms with Crippen LogP contribution in [-0.4, -0.2) is 12.1 Å². The van der Waals surface area contributed by atoms with Gasteiger partial charge in [-0.3, -0.25) is 0 Å². The van der Waals surface area contributed by atoms with Crippen molar-refractivity contribution in [3.63, 3.8) is 0 Å². The number of hydrogen-bond acceptors (Lipinski definition) is 1. The molecule has 1 fully saturated rings. The van der Waals surface area contributed by atoms with E-state index in [-0.39, 0.29) is 0 Å². The van der Waals surface area contributed by atoms with Gasteiger partial charge in [0.2, 0.25) is 0 Å². The zero-order chi connectivity index (χ0) is 10.1. The third-order valence-corrected chi connectivity index (χ3v) is 2.87. The molecule has 76 valence electrons. The van der Waals surface area contributed by atoms with Gasteiger partial charge < -0.3 is 4.90 Å². The molecule has 0 spiro atoms. The molecule has 2 heteroatoms. The van der Waals surface area contributed by atoms with Gasteiger partial charge in [0, 0.05) is 22.8 Å². The van der Waals surface area contributed by atoms with Gasteiger partial charge in [0.25, 0.3) is 0 Å². The van der Waals surface area contributed by atoms with E-state index in [1.165, 1.54) is 18.5 Å². The van der Waals surface area contributed by atoms with Gasteiger partial charge in [0.05, 0.1) is 0 Å². The minimum atomic E-state index is 0.573. The number of nitrogens with zero attached hydrogens (tertiary/aromatic N) is 1. The molecule has 0 amide bonds. The van der Waals surface area contributed by atoms with Crippen molar-refractivity contribution in [3.8, 4) is 0 Å². The van der Waals surface area contributed by atoms with Crippen molar-refractivity contribution in [2.75, 3.05) is 4.90 Å². The highest BCUT2D eigenvalue weighted by Gasteiger charge is 2.30. The molecular weight excluding hydrogens is 194 g/mol. The minimum Gasteiger partial charge on any atom is -0.366 e. The highest BCUT2D eigenvalue weighted by Crippen LogP contribution is 2.33. The molecule has 0 N–H and O–H groups in total. The van der Waals surface area contributed by atoms with E-state index in [0.29, 0.717) is 6.04 Å². The van der Waals surface area contributed by atoms with Crippen LogP contribution in [0.5, 0.6) is 0 Å². The predicted molar refractivity (Wildman–Crippen MR) is 62.1 cm³/mol. The summed E-state index contributed by atoms with van der Waals surface area (Å²) in [5.74, 6) is 0. The Labute approximate surface area is 90.7 Å². The number of hydrogen-bond donors (Lipinski definition) is 0. The van der Waals surface area contributed by atoms with E-state index in [9.17, 15) is 0 Å². The predicted octanol–water partition coefficient (Wildman–Crippen LogP) is 3.72. The molecule has 0 heterocycles. The summed E-state index contributed by atoms with van der Waals surface area (Å²) >= 11 is 5.87. The van der Waals surface area contributed by atoms with E-state index < -0.39 is 0 Å². The van der Waals surface area contributed by atoms with E-state index >= 15 is 0 Å². The molecule has 2 rings (SSSR count). The second-order valence-electron chi connectivity index (χ2n) is 4.21. The first kappa shape index (κ1) is 9.85. The molecule has 1 aliphatic rings. The van der Waals surface area contributed by atoms with Crippen LogP contribution in [-0.2, 0) is 0 Å². The highest BCUT2D eigenvalue weighted by molar-refractivity contribution is 6.30. The molecule has 1 aliphatic carbocycles. The number of rotatable bonds is 3. The molecule has 1 nitrogen and oxygen atoms in total. The Bertz CT molecular complexity index is 299. The molecule has 1 saturated carbocycles. The average molecular weight is 210 g/mol. The first-order chi connectivity index (χ1) is 6.68. The van der Waals surface area contributed by atoms with Crippen molar-refractivity contribution >= 4 is 17.3 Å². The lowest BCUT2D eigenvalue weighted by molar-refractivity contribution is 0.679. The molecule has 0 radical (unpaired) electrons. The second kappa shape index (κ2) is 3.82. The first-order valence-electron chi connectivity index (χ1n) is 5.22. The molecule has 0 unspecified atom stereocenters. The summed E-state index contributed by atoms with van der Waals surface area (Å²) in [6.45, 7) is 4.49. The van der Waals surface area contributed by atoms with Crippen molar-refractivity contribution in [2.45, 2.75) is 38.8 Å². The lowest BCUT2D eigenvalue weighted by Gasteiger charge is -2.29. The topological polar surface area (TPSA) is 3.24 Å². The van der Waals surface area contributed by atoms with Crippen LogP contribution >= 0.6 is 11.6 Å². The average Bonchev–Trinajstić information content (AvgIpc) is 2.92. The quantitative estimate of drug-likeness (QED) is 0.734. The summed E-state index contributed by atoms with van der Waals surface area (Å²) in [5, 5.41) is 0.813. The van der Waals surface area contributed by atoms with Crippen molar-refractivity contribution in [3.05, 3.63) is 29.3 Å². The van der Waals surface area contributed by atoms with E-state index in [1.54, 1.807) is 0 Å². The Kier molecular flexibility index (Phi) is 2.69. The number of benzene rings is 1. The molecule has 1 aromatic rings. The largest absolute Gasteiger partial charge is 0.366 e. The summed E-state index contributed by atoms with van der Waals surface area (Å²) in [6.07, 6.45) is 2.67. The maximum Gasteiger partial charge on any atom is 0.0407 e. The molecule has 0 aliphatic heterocycles. The molecule has 0 bridgehead atoms. The highest BCUT2D eigenvalue weighted by atomic mass is 35.5. The van der Waals surface area contributed by atoms with Gasteiger partial charge in [-0.05, 0) is 51.0 Å². The summed E-state index contributed by atoms with van der Waals surface area (Å²) in [6, 6.07) is 9.49. The third-order valence-electron chi connectivity index (χ3n) is 2.62. The monoisotopic (exact) mass is 209 g/mol. The van der Waals surface area contributed by atoms with Crippen LogP contribution in [0.25, 0.3) is 0 Å². The standard InChI is InChI=1S/C12H16ClN/c1-9(2)14(12-7-8-12)11-5-3-10(13)4-6-11/h3-6,9,12H,7-8H2,1-2H3. The number of anilines is 1. The maximum atomic E-state index is 5.87. The lowest BCUT2D eigenvalue weighted by atomic mass is 10.2. The van der Waals surface area contributed by atoms with Gasteiger partial charge in [-0.1, -0.05) is 11.6 Å². The van der Waals surface area contributed by atoms with Crippen LogP contribution < -0.4 is 4.90 Å². The Morgan fingerprint density at radius 1 is 1.21 bits per heavy atom. The Morgan fingerprint density at radius 2 is 1.79 bits per heavy atom. The molecule has 0 saturated heterocycles. The number of halogens is 1. The van der Waals surface area contributed by atoms with Gasteiger partial charge in [-0.15, -0.1) is 0 Å². The molecule has 14 heavy (non-hydrogen) atoms. The van der Waals surface area contributed by atoms with Crippen LogP contribution in [0.3, 0.4) is 0 Å². The zero-order valence-electron chi connectivity index (χ0n) is 8.70. The van der Waals surface area contributed by atoms with Crippen molar-refractivity contribution < 1.29 is 0 Å². The van der Waals surface area contributed by atoms with Gasteiger partial charge in [-0.2, -0.15) is 0 Å². The first-order valence-corrected chi connectivity index (χ1v) is 5.60. The molecule has 0 aromatic heterocycles. The summed E-state index contributed by atoms with van der Waals surface area (Å²) in [7, 11) is 0. The van der Waals surface area contributed by atoms with Gasteiger partial charge in [0.15, 0.2) is 0 Å². The van der Waals surface area contributed by atoms with Crippen LogP contribution in [0.1, 0.15) is 26.7 Å². The van der Waals surface area contributed by atoms with E-state index in [1.807, 2.05) is 12.1 Å². The Morgan fingerprint density at radius 3 is 2.21 bits per heavy atom. The van der Waals surface area contributed by atoms with E-state index in [2.05, 4.69) is 30.9 Å². The Balaban J connectivity index is 2.21. The minimum absolute atomic E-state index is 0.573. The summed E-state index contributed by atoms with van der Waals surface area (Å²) < 4.78 is 0. The van der Waals surface area contributed by atoms with Crippen LogP contribution in [0.2, 0.25) is 5.02 Å². The van der Waals surface area contributed by atoms with Gasteiger partial charge in [0.1, 0.15) is 0 Å². The van der Waals surface area contributed by atoms with Crippen molar-refractivity contribution in [1.82, 2.24) is 0 Å². The van der Waals surface area contributed by atoms with Gasteiger partial charge in [-0.25, -0.2) is 0 Å². The summed E-state index contributed by atoms with van der Waals surface area (Å²) in [5.41, 5.74) is 1.30. The SMILES string of the molecule is CC(C)N(c1ccc(Cl)cc1)C1CC1. The lowest BCUT2D eigenvalue weighted by Crippen LogP contribution is -2.32. The third kappa shape index (κ3) is 2.03. The fraction of sp³-hybridized carbons (Fsp3) is 0.500. The van der Waals surface area contributed by atoms with Crippen molar-refractivity contribution in [1.29, 1.82) is 0 Å². The van der Waals surface area contributed by atoms with Crippen LogP contribution in [0.4, 0.5) is 5.69 Å². The summed E-state index contributed by atoms with van der Waals surface area (Å²) in [4.78, 5) is 2.48. The van der Waals surface area contributed by atoms with Crippen molar-refractivity contribution in [2.24, 2.45) is 0 Å². The smallest absolute Gasteiger partial charge is 0.0407 e. The molecule has 1 aromatic carbocycles. The van der Waals surface area contributed by atoms with Gasteiger partial charge >= 0.3 is 0 Å².